The van der Waals surface area contributed by atoms with Crippen molar-refractivity contribution in [2.45, 2.75) is 40.3 Å². The predicted octanol–water partition coefficient (Wildman–Crippen LogP) is 2.51. The zero-order chi connectivity index (χ0) is 16.5. The predicted molar refractivity (Wildman–Crippen MR) is 95.6 cm³/mol. The van der Waals surface area contributed by atoms with E-state index in [1.807, 2.05) is 24.0 Å². The summed E-state index contributed by atoms with van der Waals surface area (Å²) in [5.41, 5.74) is 3.83. The van der Waals surface area contributed by atoms with Crippen LogP contribution in [0.25, 0.3) is 0 Å². The second-order valence-electron chi connectivity index (χ2n) is 5.52. The second-order valence-corrected chi connectivity index (χ2v) is 5.52. The summed E-state index contributed by atoms with van der Waals surface area (Å²) in [7, 11) is 0. The number of aryl methyl sites for hydroxylation is 2. The van der Waals surface area contributed by atoms with Gasteiger partial charge >= 0.3 is 0 Å². The van der Waals surface area contributed by atoms with Gasteiger partial charge in [-0.2, -0.15) is 5.10 Å². The molecule has 0 aliphatic carbocycles. The third-order valence-corrected chi connectivity index (χ3v) is 3.65. The molecule has 0 atom stereocenters. The maximum absolute atomic E-state index is 4.69. The van der Waals surface area contributed by atoms with E-state index >= 15 is 0 Å². The molecule has 0 aliphatic rings. The first-order valence-electron chi connectivity index (χ1n) is 8.31. The van der Waals surface area contributed by atoms with Crippen LogP contribution in [-0.4, -0.2) is 28.8 Å². The minimum atomic E-state index is 0.695. The van der Waals surface area contributed by atoms with Crippen molar-refractivity contribution in [3.8, 4) is 0 Å². The summed E-state index contributed by atoms with van der Waals surface area (Å²) in [5.74, 6) is 0.849. The Balaban J connectivity index is 1.91. The van der Waals surface area contributed by atoms with Crippen LogP contribution in [0, 0.1) is 6.92 Å². The molecule has 0 aliphatic heterocycles. The van der Waals surface area contributed by atoms with E-state index in [4.69, 9.17) is 4.99 Å². The van der Waals surface area contributed by atoms with Crippen LogP contribution < -0.4 is 10.6 Å². The van der Waals surface area contributed by atoms with E-state index < -0.39 is 0 Å². The molecule has 0 bridgehead atoms. The summed E-state index contributed by atoms with van der Waals surface area (Å²) in [6, 6.07) is 8.48. The van der Waals surface area contributed by atoms with Gasteiger partial charge in [0.25, 0.3) is 0 Å². The van der Waals surface area contributed by atoms with Crippen LogP contribution in [0.3, 0.4) is 0 Å². The second kappa shape index (κ2) is 8.98. The molecule has 1 heterocycles. The van der Waals surface area contributed by atoms with Crippen molar-refractivity contribution in [1.29, 1.82) is 0 Å². The maximum Gasteiger partial charge on any atom is 0.191 e. The summed E-state index contributed by atoms with van der Waals surface area (Å²) < 4.78 is 1.94. The highest BCUT2D eigenvalue weighted by Gasteiger charge is 2.01. The highest BCUT2D eigenvalue weighted by atomic mass is 15.3. The van der Waals surface area contributed by atoms with Crippen LogP contribution >= 0.6 is 0 Å². The van der Waals surface area contributed by atoms with Gasteiger partial charge in [0, 0.05) is 19.3 Å². The standard InChI is InChI=1S/C18H27N5/c1-4-16-8-6-7-9-17(16)13-21-18(19-5-2)20-10-11-23-14-15(3)12-22-23/h6-9,12,14H,4-5,10-11,13H2,1-3H3,(H2,19,20,21). The van der Waals surface area contributed by atoms with Gasteiger partial charge < -0.3 is 10.6 Å². The molecule has 0 radical (unpaired) electrons. The Morgan fingerprint density at radius 1 is 1.17 bits per heavy atom. The number of nitrogens with zero attached hydrogens (tertiary/aromatic N) is 3. The van der Waals surface area contributed by atoms with E-state index in [2.05, 4.69) is 53.8 Å². The third-order valence-electron chi connectivity index (χ3n) is 3.65. The average molecular weight is 313 g/mol. The van der Waals surface area contributed by atoms with Crippen LogP contribution in [0.1, 0.15) is 30.5 Å². The highest BCUT2D eigenvalue weighted by molar-refractivity contribution is 5.79. The molecule has 0 unspecified atom stereocenters. The fourth-order valence-corrected chi connectivity index (χ4v) is 2.44. The molecule has 0 spiro atoms. The minimum Gasteiger partial charge on any atom is -0.357 e. The number of aromatic nitrogens is 2. The molecule has 2 N–H and O–H groups in total. The maximum atomic E-state index is 4.69. The number of hydrogen-bond acceptors (Lipinski definition) is 2. The molecular formula is C18H27N5. The summed E-state index contributed by atoms with van der Waals surface area (Å²) in [6.45, 7) is 9.47. The van der Waals surface area contributed by atoms with E-state index in [-0.39, 0.29) is 0 Å². The van der Waals surface area contributed by atoms with Gasteiger partial charge in [0.2, 0.25) is 0 Å². The topological polar surface area (TPSA) is 54.2 Å². The Labute approximate surface area is 138 Å². The normalized spacial score (nSPS) is 11.5. The molecule has 5 heteroatoms. The lowest BCUT2D eigenvalue weighted by atomic mass is 10.1. The van der Waals surface area contributed by atoms with Gasteiger partial charge in [-0.15, -0.1) is 0 Å². The number of aliphatic imine (C=N–C) groups is 1. The van der Waals surface area contributed by atoms with Crippen molar-refractivity contribution in [3.63, 3.8) is 0 Å². The Bertz CT molecular complexity index is 630. The molecule has 2 aromatic rings. The number of guanidine groups is 1. The Hall–Kier alpha value is -2.30. The molecule has 23 heavy (non-hydrogen) atoms. The zero-order valence-electron chi connectivity index (χ0n) is 14.3. The number of nitrogens with one attached hydrogen (secondary N) is 2. The van der Waals surface area contributed by atoms with Gasteiger partial charge in [-0.1, -0.05) is 31.2 Å². The fraction of sp³-hybridized carbons (Fsp3) is 0.444. The first-order chi connectivity index (χ1) is 11.2. The van der Waals surface area contributed by atoms with Gasteiger partial charge in [0.1, 0.15) is 0 Å². The van der Waals surface area contributed by atoms with Gasteiger partial charge in [-0.3, -0.25) is 4.68 Å². The van der Waals surface area contributed by atoms with Crippen LogP contribution in [-0.2, 0) is 19.5 Å². The van der Waals surface area contributed by atoms with Crippen molar-refractivity contribution in [2.24, 2.45) is 4.99 Å². The van der Waals surface area contributed by atoms with Crippen LogP contribution in [0.5, 0.6) is 0 Å². The largest absolute Gasteiger partial charge is 0.357 e. The minimum absolute atomic E-state index is 0.695. The summed E-state index contributed by atoms with van der Waals surface area (Å²) in [5, 5.41) is 10.9. The average Bonchev–Trinajstić information content (AvgIpc) is 2.98. The van der Waals surface area contributed by atoms with Crippen LogP contribution in [0.4, 0.5) is 0 Å². The smallest absolute Gasteiger partial charge is 0.191 e. The fourth-order valence-electron chi connectivity index (χ4n) is 2.44. The number of benzene rings is 1. The van der Waals surface area contributed by atoms with Crippen molar-refractivity contribution in [2.75, 3.05) is 13.1 Å². The molecule has 5 nitrogen and oxygen atoms in total. The summed E-state index contributed by atoms with van der Waals surface area (Å²) in [6.07, 6.45) is 4.96. The lowest BCUT2D eigenvalue weighted by molar-refractivity contribution is 0.597. The lowest BCUT2D eigenvalue weighted by Crippen LogP contribution is -2.38. The molecule has 0 amide bonds. The summed E-state index contributed by atoms with van der Waals surface area (Å²) >= 11 is 0. The monoisotopic (exact) mass is 313 g/mol. The van der Waals surface area contributed by atoms with Gasteiger partial charge in [-0.05, 0) is 37.0 Å². The Morgan fingerprint density at radius 2 is 1.96 bits per heavy atom. The van der Waals surface area contributed by atoms with Crippen molar-refractivity contribution >= 4 is 5.96 Å². The molecule has 0 saturated carbocycles. The van der Waals surface area contributed by atoms with E-state index in [0.29, 0.717) is 6.54 Å². The van der Waals surface area contributed by atoms with Crippen molar-refractivity contribution < 1.29 is 0 Å². The van der Waals surface area contributed by atoms with E-state index in [0.717, 1.165) is 32.0 Å². The van der Waals surface area contributed by atoms with Crippen molar-refractivity contribution in [1.82, 2.24) is 20.4 Å². The number of hydrogen-bond donors (Lipinski definition) is 2. The first-order valence-corrected chi connectivity index (χ1v) is 8.31. The molecular weight excluding hydrogens is 286 g/mol. The molecule has 0 saturated heterocycles. The molecule has 2 rings (SSSR count). The van der Waals surface area contributed by atoms with E-state index in [9.17, 15) is 0 Å². The quantitative estimate of drug-likeness (QED) is 0.610. The SMILES string of the molecule is CCNC(=NCc1ccccc1CC)NCCn1cc(C)cn1. The van der Waals surface area contributed by atoms with E-state index in [1.54, 1.807) is 0 Å². The highest BCUT2D eigenvalue weighted by Crippen LogP contribution is 2.10. The molecule has 1 aromatic carbocycles. The summed E-state index contributed by atoms with van der Waals surface area (Å²) in [4.78, 5) is 4.69. The Morgan fingerprint density at radius 3 is 2.61 bits per heavy atom. The third kappa shape index (κ3) is 5.43. The molecule has 0 fully saturated rings. The van der Waals surface area contributed by atoms with E-state index in [1.165, 1.54) is 16.7 Å². The lowest BCUT2D eigenvalue weighted by Gasteiger charge is -2.12. The van der Waals surface area contributed by atoms with Crippen LogP contribution in [0.2, 0.25) is 0 Å². The van der Waals surface area contributed by atoms with Crippen molar-refractivity contribution in [3.05, 3.63) is 53.3 Å². The Kier molecular flexibility index (Phi) is 6.66. The molecule has 124 valence electrons. The van der Waals surface area contributed by atoms with Gasteiger partial charge in [-0.25, -0.2) is 4.99 Å². The molecule has 1 aromatic heterocycles. The van der Waals surface area contributed by atoms with Crippen LogP contribution in [0.15, 0.2) is 41.7 Å². The first kappa shape index (κ1) is 17.1. The van der Waals surface area contributed by atoms with Gasteiger partial charge in [0.15, 0.2) is 5.96 Å². The zero-order valence-corrected chi connectivity index (χ0v) is 14.3. The number of rotatable bonds is 7. The van der Waals surface area contributed by atoms with Gasteiger partial charge in [0.05, 0.1) is 19.3 Å².